The van der Waals surface area contributed by atoms with Crippen LogP contribution < -0.4 is 10.2 Å². The van der Waals surface area contributed by atoms with Crippen molar-refractivity contribution in [2.24, 2.45) is 0 Å². The lowest BCUT2D eigenvalue weighted by Crippen LogP contribution is -2.34. The lowest BCUT2D eigenvalue weighted by atomic mass is 10.1. The monoisotopic (exact) mass is 391 g/mol. The van der Waals surface area contributed by atoms with Gasteiger partial charge in [0.2, 0.25) is 5.91 Å². The second-order valence-corrected chi connectivity index (χ2v) is 7.55. The number of amides is 3. The van der Waals surface area contributed by atoms with E-state index in [2.05, 4.69) is 22.3 Å². The maximum atomic E-state index is 12.3. The van der Waals surface area contributed by atoms with Crippen molar-refractivity contribution < 1.29 is 14.4 Å². The van der Waals surface area contributed by atoms with Crippen LogP contribution in [0.5, 0.6) is 0 Å². The van der Waals surface area contributed by atoms with Gasteiger partial charge in [-0.1, -0.05) is 24.3 Å². The second-order valence-electron chi connectivity index (χ2n) is 7.55. The van der Waals surface area contributed by atoms with Crippen LogP contribution in [0.2, 0.25) is 0 Å². The van der Waals surface area contributed by atoms with Gasteiger partial charge in [0, 0.05) is 38.3 Å². The van der Waals surface area contributed by atoms with E-state index in [1.807, 2.05) is 12.1 Å². The Labute approximate surface area is 170 Å². The first kappa shape index (κ1) is 19.2. The smallest absolute Gasteiger partial charge is 0.261 e. The third-order valence-electron chi connectivity index (χ3n) is 5.59. The molecule has 150 valence electrons. The fourth-order valence-corrected chi connectivity index (χ4v) is 3.92. The van der Waals surface area contributed by atoms with E-state index >= 15 is 0 Å². The second kappa shape index (κ2) is 8.47. The van der Waals surface area contributed by atoms with Crippen LogP contribution in [0.25, 0.3) is 0 Å². The molecule has 2 aromatic carbocycles. The molecule has 6 heteroatoms. The Kier molecular flexibility index (Phi) is 5.60. The normalized spacial score (nSPS) is 16.1. The van der Waals surface area contributed by atoms with Crippen molar-refractivity contribution in [3.8, 4) is 0 Å². The summed E-state index contributed by atoms with van der Waals surface area (Å²) < 4.78 is 0. The maximum Gasteiger partial charge on any atom is 0.261 e. The molecule has 0 saturated carbocycles. The van der Waals surface area contributed by atoms with Crippen molar-refractivity contribution in [3.63, 3.8) is 0 Å². The van der Waals surface area contributed by atoms with E-state index < -0.39 is 0 Å². The minimum Gasteiger partial charge on any atom is -0.372 e. The van der Waals surface area contributed by atoms with Crippen LogP contribution in [0.1, 0.15) is 52.0 Å². The number of rotatable bonds is 6. The first-order valence-electron chi connectivity index (χ1n) is 10.2. The summed E-state index contributed by atoms with van der Waals surface area (Å²) in [6.45, 7) is 2.73. The molecule has 2 aliphatic heterocycles. The summed E-state index contributed by atoms with van der Waals surface area (Å²) in [5.41, 5.74) is 3.07. The summed E-state index contributed by atoms with van der Waals surface area (Å²) in [6.07, 6.45) is 3.88. The zero-order valence-corrected chi connectivity index (χ0v) is 16.4. The van der Waals surface area contributed by atoms with Crippen LogP contribution in [0, 0.1) is 0 Å². The number of anilines is 1. The third-order valence-corrected chi connectivity index (χ3v) is 5.59. The predicted octanol–water partition coefficient (Wildman–Crippen LogP) is 2.98. The molecular formula is C23H25N3O3. The lowest BCUT2D eigenvalue weighted by molar-refractivity contribution is -0.121. The van der Waals surface area contributed by atoms with Crippen LogP contribution in [-0.2, 0) is 11.3 Å². The Balaban J connectivity index is 1.25. The van der Waals surface area contributed by atoms with Crippen molar-refractivity contribution in [2.75, 3.05) is 24.5 Å². The Morgan fingerprint density at radius 1 is 0.862 bits per heavy atom. The highest BCUT2D eigenvalue weighted by Gasteiger charge is 2.34. The van der Waals surface area contributed by atoms with E-state index in [1.54, 1.807) is 24.3 Å². The van der Waals surface area contributed by atoms with Crippen LogP contribution in [0.4, 0.5) is 5.69 Å². The van der Waals surface area contributed by atoms with E-state index in [0.717, 1.165) is 23.6 Å². The van der Waals surface area contributed by atoms with Gasteiger partial charge < -0.3 is 10.2 Å². The highest BCUT2D eigenvalue weighted by Crippen LogP contribution is 2.22. The number of fused-ring (bicyclic) bond motifs is 1. The Hall–Kier alpha value is -3.15. The number of nitrogens with zero attached hydrogens (tertiary/aromatic N) is 2. The topological polar surface area (TPSA) is 69.7 Å². The SMILES string of the molecule is O=C(CCN1C(=O)c2ccccc2C1=O)NCc1ccc(N2CCCCC2)cc1. The van der Waals surface area contributed by atoms with E-state index in [0.29, 0.717) is 17.7 Å². The minimum atomic E-state index is -0.327. The van der Waals surface area contributed by atoms with Crippen molar-refractivity contribution in [1.29, 1.82) is 0 Å². The van der Waals surface area contributed by atoms with Crippen LogP contribution in [0.3, 0.4) is 0 Å². The molecule has 2 aliphatic rings. The largest absolute Gasteiger partial charge is 0.372 e. The summed E-state index contributed by atoms with van der Waals surface area (Å²) in [5, 5.41) is 2.87. The van der Waals surface area contributed by atoms with Crippen molar-refractivity contribution >= 4 is 23.4 Å². The molecule has 0 atom stereocenters. The first-order valence-corrected chi connectivity index (χ1v) is 10.2. The average Bonchev–Trinajstić information content (AvgIpc) is 3.02. The molecule has 0 radical (unpaired) electrons. The number of imide groups is 1. The molecule has 3 amide bonds. The fraction of sp³-hybridized carbons (Fsp3) is 0.348. The van der Waals surface area contributed by atoms with Gasteiger partial charge in [-0.05, 0) is 49.1 Å². The molecule has 0 aromatic heterocycles. The number of carbonyl (C=O) groups excluding carboxylic acids is 3. The van der Waals surface area contributed by atoms with Gasteiger partial charge in [-0.15, -0.1) is 0 Å². The van der Waals surface area contributed by atoms with E-state index in [-0.39, 0.29) is 30.7 Å². The predicted molar refractivity (Wildman–Crippen MR) is 111 cm³/mol. The summed E-state index contributed by atoms with van der Waals surface area (Å²) in [5.74, 6) is -0.833. The van der Waals surface area contributed by atoms with Crippen molar-refractivity contribution in [2.45, 2.75) is 32.2 Å². The number of benzene rings is 2. The Bertz CT molecular complexity index is 882. The van der Waals surface area contributed by atoms with E-state index in [1.165, 1.54) is 24.9 Å². The number of carbonyl (C=O) groups is 3. The number of hydrogen-bond acceptors (Lipinski definition) is 4. The molecule has 1 N–H and O–H groups in total. The van der Waals surface area contributed by atoms with Crippen molar-refractivity contribution in [3.05, 3.63) is 65.2 Å². The average molecular weight is 391 g/mol. The van der Waals surface area contributed by atoms with Crippen molar-refractivity contribution in [1.82, 2.24) is 10.2 Å². The van der Waals surface area contributed by atoms with E-state index in [9.17, 15) is 14.4 Å². The molecule has 0 unspecified atom stereocenters. The third kappa shape index (κ3) is 4.16. The zero-order valence-electron chi connectivity index (χ0n) is 16.4. The first-order chi connectivity index (χ1) is 14.1. The molecule has 29 heavy (non-hydrogen) atoms. The molecule has 0 aliphatic carbocycles. The van der Waals surface area contributed by atoms with Gasteiger partial charge in [0.15, 0.2) is 0 Å². The standard InChI is InChI=1S/C23H25N3O3/c27-21(12-15-26-22(28)19-6-2-3-7-20(19)23(26)29)24-16-17-8-10-18(11-9-17)25-13-4-1-5-14-25/h2-3,6-11H,1,4-5,12-16H2,(H,24,27). The van der Waals surface area contributed by atoms with Gasteiger partial charge in [-0.2, -0.15) is 0 Å². The number of piperidine rings is 1. The van der Waals surface area contributed by atoms with Crippen LogP contribution in [0.15, 0.2) is 48.5 Å². The van der Waals surface area contributed by atoms with Gasteiger partial charge in [0.25, 0.3) is 11.8 Å². The van der Waals surface area contributed by atoms with Crippen LogP contribution >= 0.6 is 0 Å². The molecule has 2 aromatic rings. The fourth-order valence-electron chi connectivity index (χ4n) is 3.92. The number of nitrogens with one attached hydrogen (secondary N) is 1. The molecule has 0 bridgehead atoms. The molecule has 1 saturated heterocycles. The zero-order chi connectivity index (χ0) is 20.2. The summed E-state index contributed by atoms with van der Waals surface area (Å²) in [6, 6.07) is 15.0. The lowest BCUT2D eigenvalue weighted by Gasteiger charge is -2.28. The summed E-state index contributed by atoms with van der Waals surface area (Å²) in [7, 11) is 0. The van der Waals surface area contributed by atoms with Gasteiger partial charge >= 0.3 is 0 Å². The van der Waals surface area contributed by atoms with Gasteiger partial charge in [-0.3, -0.25) is 19.3 Å². The number of hydrogen-bond donors (Lipinski definition) is 1. The maximum absolute atomic E-state index is 12.3. The molecule has 2 heterocycles. The molecular weight excluding hydrogens is 366 g/mol. The quantitative estimate of drug-likeness (QED) is 0.769. The summed E-state index contributed by atoms with van der Waals surface area (Å²) in [4.78, 5) is 40.4. The highest BCUT2D eigenvalue weighted by molar-refractivity contribution is 6.21. The Morgan fingerprint density at radius 3 is 2.10 bits per heavy atom. The van der Waals surface area contributed by atoms with Gasteiger partial charge in [-0.25, -0.2) is 0 Å². The molecule has 0 spiro atoms. The molecule has 4 rings (SSSR count). The molecule has 6 nitrogen and oxygen atoms in total. The Morgan fingerprint density at radius 2 is 1.48 bits per heavy atom. The highest BCUT2D eigenvalue weighted by atomic mass is 16.2. The minimum absolute atomic E-state index is 0.0894. The van der Waals surface area contributed by atoms with Gasteiger partial charge in [0.1, 0.15) is 0 Å². The van der Waals surface area contributed by atoms with Crippen LogP contribution in [-0.4, -0.2) is 42.3 Å². The van der Waals surface area contributed by atoms with E-state index in [4.69, 9.17) is 0 Å². The summed E-state index contributed by atoms with van der Waals surface area (Å²) >= 11 is 0. The van der Waals surface area contributed by atoms with Gasteiger partial charge in [0.05, 0.1) is 11.1 Å². The molecule has 1 fully saturated rings.